The van der Waals surface area contributed by atoms with Crippen molar-refractivity contribution >= 4 is 21.7 Å². The van der Waals surface area contributed by atoms with E-state index in [1.807, 2.05) is 0 Å². The number of hydrogen-bond acceptors (Lipinski definition) is 3. The smallest absolute Gasteiger partial charge is 0.417 e. The van der Waals surface area contributed by atoms with Crippen molar-refractivity contribution in [2.45, 2.75) is 23.5 Å². The molecule has 0 saturated heterocycles. The van der Waals surface area contributed by atoms with Crippen LogP contribution in [0.5, 0.6) is 0 Å². The minimum absolute atomic E-state index is 0. The normalized spacial score (nSPS) is 15.7. The van der Waals surface area contributed by atoms with Crippen LogP contribution in [-0.4, -0.2) is 25.5 Å². The molecule has 3 aromatic rings. The zero-order chi connectivity index (χ0) is 22.4. The fourth-order valence-electron chi connectivity index (χ4n) is 3.74. The first-order chi connectivity index (χ1) is 14.6. The number of carboxylic acids is 1. The van der Waals surface area contributed by atoms with Crippen molar-refractivity contribution in [2.24, 2.45) is 0 Å². The monoisotopic (exact) mass is 482 g/mol. The standard InChI is InChI=1S/C22H16F3NO4S.ClH/c23-22(24,25)18-7-3-2-6-17(18)14-9-11-16(12-10-14)31(29,30)26-19-8-4-1-5-15(19)13-20(26)21(27)28;/h1-12,20H,13H2,(H,27,28);1H/p-1/t20-;/m0./s1. The molecule has 0 unspecified atom stereocenters. The van der Waals surface area contributed by atoms with Crippen LogP contribution in [0.25, 0.3) is 11.1 Å². The van der Waals surface area contributed by atoms with Crippen LogP contribution < -0.4 is 16.7 Å². The topological polar surface area (TPSA) is 74.7 Å². The average Bonchev–Trinajstić information content (AvgIpc) is 3.14. The number of rotatable bonds is 4. The molecule has 4 rings (SSSR count). The lowest BCUT2D eigenvalue weighted by atomic mass is 9.99. The molecule has 0 amide bonds. The number of carboxylic acid groups (broad SMARTS) is 1. The molecule has 0 bridgehead atoms. The minimum atomic E-state index is -4.56. The van der Waals surface area contributed by atoms with Crippen molar-refractivity contribution in [1.82, 2.24) is 0 Å². The molecule has 0 aliphatic carbocycles. The zero-order valence-corrected chi connectivity index (χ0v) is 17.8. The van der Waals surface area contributed by atoms with E-state index in [-0.39, 0.29) is 40.5 Å². The van der Waals surface area contributed by atoms with E-state index in [4.69, 9.17) is 0 Å². The second-order valence-electron chi connectivity index (χ2n) is 7.06. The summed E-state index contributed by atoms with van der Waals surface area (Å²) in [5.41, 5.74) is 0.165. The predicted molar refractivity (Wildman–Crippen MR) is 108 cm³/mol. The van der Waals surface area contributed by atoms with Gasteiger partial charge in [0.25, 0.3) is 10.0 Å². The van der Waals surface area contributed by atoms with Gasteiger partial charge in [-0.05, 0) is 41.0 Å². The molecule has 0 fully saturated rings. The average molecular weight is 483 g/mol. The molecule has 1 aliphatic rings. The van der Waals surface area contributed by atoms with E-state index in [9.17, 15) is 31.5 Å². The summed E-state index contributed by atoms with van der Waals surface area (Å²) in [6.07, 6.45) is -4.53. The first-order valence-corrected chi connectivity index (χ1v) is 10.7. The number of fused-ring (bicyclic) bond motifs is 1. The predicted octanol–water partition coefficient (Wildman–Crippen LogP) is 1.58. The van der Waals surface area contributed by atoms with Gasteiger partial charge in [0.2, 0.25) is 0 Å². The second kappa shape index (κ2) is 8.48. The second-order valence-corrected chi connectivity index (χ2v) is 8.87. The Bertz CT molecular complexity index is 1260. The largest absolute Gasteiger partial charge is 1.00 e. The van der Waals surface area contributed by atoms with Gasteiger partial charge < -0.3 is 17.5 Å². The van der Waals surface area contributed by atoms with E-state index in [0.29, 0.717) is 5.56 Å². The molecular weight excluding hydrogens is 467 g/mol. The summed E-state index contributed by atoms with van der Waals surface area (Å²) >= 11 is 0. The highest BCUT2D eigenvalue weighted by Crippen LogP contribution is 2.39. The Morgan fingerprint density at radius 1 is 0.938 bits per heavy atom. The van der Waals surface area contributed by atoms with E-state index in [0.717, 1.165) is 10.4 Å². The lowest BCUT2D eigenvalue weighted by Gasteiger charge is -2.24. The van der Waals surface area contributed by atoms with Gasteiger partial charge in [-0.15, -0.1) is 0 Å². The summed E-state index contributed by atoms with van der Waals surface area (Å²) in [6, 6.07) is 15.2. The number of halogens is 4. The van der Waals surface area contributed by atoms with Crippen LogP contribution in [0.3, 0.4) is 0 Å². The Labute approximate surface area is 188 Å². The van der Waals surface area contributed by atoms with Crippen LogP contribution in [-0.2, 0) is 27.4 Å². The zero-order valence-electron chi connectivity index (χ0n) is 16.3. The summed E-state index contributed by atoms with van der Waals surface area (Å²) in [5, 5.41) is 9.55. The Balaban J connectivity index is 0.00000289. The van der Waals surface area contributed by atoms with Gasteiger partial charge >= 0.3 is 12.1 Å². The summed E-state index contributed by atoms with van der Waals surface area (Å²) in [7, 11) is -4.25. The number of alkyl halides is 3. The molecule has 1 aliphatic heterocycles. The van der Waals surface area contributed by atoms with Crippen LogP contribution in [0.15, 0.2) is 77.7 Å². The van der Waals surface area contributed by atoms with Crippen LogP contribution in [0.1, 0.15) is 11.1 Å². The quantitative estimate of drug-likeness (QED) is 0.613. The SMILES string of the molecule is O=C(O)[C@@H]1Cc2ccccc2N1S(=O)(=O)c1ccc(-c2ccccc2C(F)(F)F)cc1.[Cl-]. The van der Waals surface area contributed by atoms with E-state index >= 15 is 0 Å². The van der Waals surface area contributed by atoms with Gasteiger partial charge in [0.15, 0.2) is 0 Å². The van der Waals surface area contributed by atoms with E-state index in [1.54, 1.807) is 18.2 Å². The Morgan fingerprint density at radius 2 is 1.53 bits per heavy atom. The summed E-state index contributed by atoms with van der Waals surface area (Å²) in [6.45, 7) is 0. The Morgan fingerprint density at radius 3 is 2.16 bits per heavy atom. The Kier molecular flexibility index (Phi) is 6.26. The minimum Gasteiger partial charge on any atom is -1.00 e. The van der Waals surface area contributed by atoms with Crippen molar-refractivity contribution in [2.75, 3.05) is 4.31 Å². The third kappa shape index (κ3) is 4.05. The molecule has 168 valence electrons. The maximum atomic E-state index is 13.3. The van der Waals surface area contributed by atoms with Crippen LogP contribution in [0, 0.1) is 0 Å². The van der Waals surface area contributed by atoms with Gasteiger partial charge in [-0.25, -0.2) is 13.2 Å². The van der Waals surface area contributed by atoms with Crippen LogP contribution in [0.2, 0.25) is 0 Å². The number of aliphatic carboxylic acids is 1. The van der Waals surface area contributed by atoms with Gasteiger partial charge in [0.05, 0.1) is 16.1 Å². The molecule has 3 aromatic carbocycles. The van der Waals surface area contributed by atoms with Gasteiger partial charge in [-0.1, -0.05) is 48.5 Å². The maximum Gasteiger partial charge on any atom is 0.417 e. The number of hydrogen-bond donors (Lipinski definition) is 1. The van der Waals surface area contributed by atoms with Crippen molar-refractivity contribution in [3.05, 3.63) is 83.9 Å². The maximum absolute atomic E-state index is 13.3. The number of anilines is 1. The van der Waals surface area contributed by atoms with Crippen LogP contribution >= 0.6 is 0 Å². The van der Waals surface area contributed by atoms with E-state index < -0.39 is 33.8 Å². The van der Waals surface area contributed by atoms with E-state index in [1.165, 1.54) is 48.5 Å². The number of sulfonamides is 1. The van der Waals surface area contributed by atoms with Crippen molar-refractivity contribution < 1.29 is 43.9 Å². The van der Waals surface area contributed by atoms with Gasteiger partial charge in [0.1, 0.15) is 6.04 Å². The molecule has 0 radical (unpaired) electrons. The van der Waals surface area contributed by atoms with Crippen molar-refractivity contribution in [1.29, 1.82) is 0 Å². The first-order valence-electron chi connectivity index (χ1n) is 9.22. The molecular formula is C22H16ClF3NO4S-. The molecule has 0 saturated carbocycles. The first kappa shape index (κ1) is 23.6. The summed E-state index contributed by atoms with van der Waals surface area (Å²) in [4.78, 5) is 11.5. The molecule has 0 aromatic heterocycles. The molecule has 10 heteroatoms. The van der Waals surface area contributed by atoms with Crippen molar-refractivity contribution in [3.63, 3.8) is 0 Å². The fraction of sp³-hybridized carbons (Fsp3) is 0.136. The third-order valence-corrected chi connectivity index (χ3v) is 7.00. The third-order valence-electron chi connectivity index (χ3n) is 5.17. The Hall–Kier alpha value is -3.04. The summed E-state index contributed by atoms with van der Waals surface area (Å²) < 4.78 is 67.3. The van der Waals surface area contributed by atoms with E-state index in [2.05, 4.69) is 0 Å². The van der Waals surface area contributed by atoms with Gasteiger partial charge in [0, 0.05) is 6.42 Å². The highest BCUT2D eigenvalue weighted by Gasteiger charge is 2.42. The number of carbonyl (C=O) groups is 1. The fourth-order valence-corrected chi connectivity index (χ4v) is 5.39. The number of benzene rings is 3. The molecule has 1 N–H and O–H groups in total. The molecule has 0 spiro atoms. The lowest BCUT2D eigenvalue weighted by molar-refractivity contribution is -0.138. The molecule has 5 nitrogen and oxygen atoms in total. The highest BCUT2D eigenvalue weighted by atomic mass is 35.5. The van der Waals surface area contributed by atoms with Crippen LogP contribution in [0.4, 0.5) is 18.9 Å². The van der Waals surface area contributed by atoms with Crippen molar-refractivity contribution in [3.8, 4) is 11.1 Å². The highest BCUT2D eigenvalue weighted by molar-refractivity contribution is 7.93. The number of nitrogens with zero attached hydrogens (tertiary/aromatic N) is 1. The van der Waals surface area contributed by atoms with Gasteiger partial charge in [-0.3, -0.25) is 4.31 Å². The molecule has 32 heavy (non-hydrogen) atoms. The number of para-hydroxylation sites is 1. The molecule has 1 atom stereocenters. The van der Waals surface area contributed by atoms with Gasteiger partial charge in [-0.2, -0.15) is 13.2 Å². The lowest BCUT2D eigenvalue weighted by Crippen LogP contribution is -3.00. The summed E-state index contributed by atoms with van der Waals surface area (Å²) in [5.74, 6) is -1.28. The molecule has 1 heterocycles.